The maximum Gasteiger partial charge on any atom is 0.249 e. The van der Waals surface area contributed by atoms with Crippen LogP contribution in [0.2, 0.25) is 0 Å². The summed E-state index contributed by atoms with van der Waals surface area (Å²) in [5, 5.41) is 17.1. The maximum absolute atomic E-state index is 5.27. The summed E-state index contributed by atoms with van der Waals surface area (Å²) in [5.41, 5.74) is 7.65. The number of methoxy groups -OCH3 is 1. The van der Waals surface area contributed by atoms with Gasteiger partial charge in [0.2, 0.25) is 5.95 Å². The maximum atomic E-state index is 5.27. The van der Waals surface area contributed by atoms with Gasteiger partial charge < -0.3 is 4.74 Å². The number of fused-ring (bicyclic) bond motifs is 8. The lowest BCUT2D eigenvalue weighted by Crippen LogP contribution is -2.39. The molecule has 9 heteroatoms. The predicted molar refractivity (Wildman–Crippen MR) is 119 cm³/mol. The van der Waals surface area contributed by atoms with Gasteiger partial charge in [0.05, 0.1) is 13.8 Å². The number of hydrazine groups is 1. The van der Waals surface area contributed by atoms with E-state index < -0.39 is 0 Å². The summed E-state index contributed by atoms with van der Waals surface area (Å²) in [5.74, 6) is 3.34. The first-order chi connectivity index (χ1) is 14.7. The fraction of sp³-hybridized carbons (Fsp3) is 0.429. The van der Waals surface area contributed by atoms with Gasteiger partial charge in [0.1, 0.15) is 16.9 Å². The highest BCUT2D eigenvalue weighted by atomic mass is 32.2. The Labute approximate surface area is 183 Å². The number of nitrogens with zero attached hydrogens (tertiary/aromatic N) is 4. The van der Waals surface area contributed by atoms with Crippen molar-refractivity contribution in [3.05, 3.63) is 45.8 Å². The third-order valence-corrected chi connectivity index (χ3v) is 8.46. The second-order valence-electron chi connectivity index (χ2n) is 8.14. The topological polar surface area (TPSA) is 67.2 Å². The number of aromatic nitrogens is 3. The first-order valence-corrected chi connectivity index (χ1v) is 12.1. The molecule has 6 rings (SSSR count). The molecule has 2 aliphatic heterocycles. The van der Waals surface area contributed by atoms with Gasteiger partial charge in [-0.15, -0.1) is 21.5 Å². The Kier molecular flexibility index (Phi) is 4.52. The van der Waals surface area contributed by atoms with Gasteiger partial charge in [0.25, 0.3) is 0 Å². The van der Waals surface area contributed by atoms with E-state index in [4.69, 9.17) is 4.74 Å². The van der Waals surface area contributed by atoms with Crippen molar-refractivity contribution in [1.82, 2.24) is 25.5 Å². The third kappa shape index (κ3) is 2.87. The molecule has 7 nitrogen and oxygen atoms in total. The quantitative estimate of drug-likeness (QED) is 0.601. The molecule has 0 radical (unpaired) electrons. The average molecular weight is 441 g/mol. The number of thioether (sulfide) groups is 1. The Balaban J connectivity index is 1.38. The predicted octanol–water partition coefficient (Wildman–Crippen LogP) is 3.64. The first kappa shape index (κ1) is 18.7. The van der Waals surface area contributed by atoms with Crippen LogP contribution in [0.5, 0.6) is 5.75 Å². The molecule has 1 aliphatic carbocycles. The molecule has 2 aromatic heterocycles. The summed E-state index contributed by atoms with van der Waals surface area (Å²) in [7, 11) is 1.69. The molecule has 0 amide bonds. The highest BCUT2D eigenvalue weighted by molar-refractivity contribution is 7.98. The minimum absolute atomic E-state index is 0.140. The number of anilines is 1. The fourth-order valence-corrected chi connectivity index (χ4v) is 6.92. The van der Waals surface area contributed by atoms with Gasteiger partial charge in [-0.2, -0.15) is 0 Å². The van der Waals surface area contributed by atoms with Crippen LogP contribution in [-0.2, 0) is 18.6 Å². The minimum Gasteiger partial charge on any atom is -0.497 e. The van der Waals surface area contributed by atoms with E-state index in [2.05, 4.69) is 49.6 Å². The Morgan fingerprint density at radius 1 is 1.27 bits per heavy atom. The van der Waals surface area contributed by atoms with Crippen molar-refractivity contribution in [3.63, 3.8) is 0 Å². The van der Waals surface area contributed by atoms with Gasteiger partial charge in [0, 0.05) is 16.2 Å². The van der Waals surface area contributed by atoms with Crippen LogP contribution in [0.4, 0.5) is 5.95 Å². The molecule has 2 atom stereocenters. The van der Waals surface area contributed by atoms with E-state index in [1.54, 1.807) is 29.3 Å². The summed E-state index contributed by atoms with van der Waals surface area (Å²) in [4.78, 5) is 1.54. The molecule has 0 bridgehead atoms. The van der Waals surface area contributed by atoms with Crippen molar-refractivity contribution in [1.29, 1.82) is 0 Å². The summed E-state index contributed by atoms with van der Waals surface area (Å²) in [6.45, 7) is 3.11. The van der Waals surface area contributed by atoms with E-state index in [0.717, 1.165) is 35.2 Å². The summed E-state index contributed by atoms with van der Waals surface area (Å²) < 4.78 is 7.53. The summed E-state index contributed by atoms with van der Waals surface area (Å²) in [6.07, 6.45) is 3.76. The van der Waals surface area contributed by atoms with Crippen molar-refractivity contribution < 1.29 is 4.74 Å². The molecule has 0 spiro atoms. The zero-order valence-electron chi connectivity index (χ0n) is 17.0. The summed E-state index contributed by atoms with van der Waals surface area (Å²) in [6, 6.07) is 8.23. The van der Waals surface area contributed by atoms with Gasteiger partial charge in [-0.1, -0.05) is 30.8 Å². The van der Waals surface area contributed by atoms with E-state index >= 15 is 0 Å². The molecule has 1 aromatic carbocycles. The zero-order valence-corrected chi connectivity index (χ0v) is 18.6. The van der Waals surface area contributed by atoms with Crippen molar-refractivity contribution in [3.8, 4) is 10.8 Å². The standard InChI is InChI=1S/C21H24N6OS2/c1-12-3-8-16-15(9-12)17-18-22-11-23-27(18)20-24-25-21(26(20)19(17)30-16)29-10-13-4-6-14(28-2)7-5-13/h4-7,12,18,22-23H,3,8-11H2,1-2H3/t12-,18?/m0/s1. The Hall–Kier alpha value is -2.07. The number of hydrogen-bond donors (Lipinski definition) is 2. The normalized spacial score (nSPS) is 21.7. The van der Waals surface area contributed by atoms with Gasteiger partial charge in [-0.3, -0.25) is 10.3 Å². The Bertz CT molecular complexity index is 1090. The smallest absolute Gasteiger partial charge is 0.249 e. The Morgan fingerprint density at radius 3 is 2.97 bits per heavy atom. The van der Waals surface area contributed by atoms with E-state index in [0.29, 0.717) is 0 Å². The number of benzene rings is 1. The second-order valence-corrected chi connectivity index (χ2v) is 10.2. The molecule has 2 N–H and O–H groups in total. The van der Waals surface area contributed by atoms with E-state index in [1.807, 2.05) is 23.5 Å². The number of rotatable bonds is 4. The molecule has 3 aromatic rings. The average Bonchev–Trinajstić information content (AvgIpc) is 3.48. The van der Waals surface area contributed by atoms with E-state index in [9.17, 15) is 0 Å². The van der Waals surface area contributed by atoms with Crippen LogP contribution in [0.1, 0.15) is 41.1 Å². The Morgan fingerprint density at radius 2 is 2.13 bits per heavy atom. The number of aryl methyl sites for hydroxylation is 1. The lowest BCUT2D eigenvalue weighted by atomic mass is 9.87. The lowest BCUT2D eigenvalue weighted by Gasteiger charge is -2.31. The largest absolute Gasteiger partial charge is 0.497 e. The monoisotopic (exact) mass is 440 g/mol. The van der Waals surface area contributed by atoms with Gasteiger partial charge in [0.15, 0.2) is 5.16 Å². The van der Waals surface area contributed by atoms with Gasteiger partial charge >= 0.3 is 0 Å². The first-order valence-electron chi connectivity index (χ1n) is 10.3. The van der Waals surface area contributed by atoms with Crippen molar-refractivity contribution in [2.75, 3.05) is 18.8 Å². The van der Waals surface area contributed by atoms with Gasteiger partial charge in [-0.05, 0) is 48.4 Å². The van der Waals surface area contributed by atoms with E-state index in [1.165, 1.54) is 35.4 Å². The number of thiophene rings is 1. The van der Waals surface area contributed by atoms with Crippen LogP contribution < -0.4 is 20.5 Å². The molecule has 0 saturated carbocycles. The van der Waals surface area contributed by atoms with Gasteiger partial charge in [-0.25, -0.2) is 9.99 Å². The fourth-order valence-electron chi connectivity index (χ4n) is 4.60. The number of hydrogen-bond acceptors (Lipinski definition) is 8. The highest BCUT2D eigenvalue weighted by Gasteiger charge is 2.42. The molecule has 3 aliphatic rings. The van der Waals surface area contributed by atoms with Crippen LogP contribution in [0, 0.1) is 5.92 Å². The van der Waals surface area contributed by atoms with Crippen LogP contribution >= 0.6 is 23.1 Å². The third-order valence-electron chi connectivity index (χ3n) is 6.17. The van der Waals surface area contributed by atoms with Crippen molar-refractivity contribution in [2.24, 2.45) is 5.92 Å². The van der Waals surface area contributed by atoms with Crippen molar-refractivity contribution in [2.45, 2.75) is 43.3 Å². The number of ether oxygens (including phenoxy) is 1. The summed E-state index contributed by atoms with van der Waals surface area (Å²) >= 11 is 3.67. The molecule has 1 fully saturated rings. The molecule has 30 heavy (non-hydrogen) atoms. The molecular weight excluding hydrogens is 416 g/mol. The van der Waals surface area contributed by atoms with Crippen LogP contribution in [0.25, 0.3) is 5.00 Å². The SMILES string of the molecule is COc1ccc(CSc2nnc3n2-c2sc4c(c2C2NCNN32)C[C@@H](C)CC4)cc1. The lowest BCUT2D eigenvalue weighted by molar-refractivity contribution is 0.414. The van der Waals surface area contributed by atoms with Crippen LogP contribution in [0.15, 0.2) is 29.4 Å². The zero-order chi connectivity index (χ0) is 20.2. The van der Waals surface area contributed by atoms with Crippen LogP contribution in [0.3, 0.4) is 0 Å². The number of nitrogens with one attached hydrogen (secondary N) is 2. The highest BCUT2D eigenvalue weighted by Crippen LogP contribution is 2.48. The van der Waals surface area contributed by atoms with Crippen molar-refractivity contribution >= 4 is 29.0 Å². The molecule has 1 unspecified atom stereocenters. The van der Waals surface area contributed by atoms with E-state index in [-0.39, 0.29) is 6.17 Å². The minimum atomic E-state index is 0.140. The molecule has 1 saturated heterocycles. The molecular formula is C21H24N6OS2. The second kappa shape index (κ2) is 7.26. The molecule has 4 heterocycles. The van der Waals surface area contributed by atoms with Crippen LogP contribution in [-0.4, -0.2) is 28.5 Å². The molecule has 156 valence electrons.